The molecule has 1 aliphatic rings. The van der Waals surface area contributed by atoms with Crippen molar-refractivity contribution in [3.8, 4) is 12.0 Å². The molecule has 0 spiro atoms. The van der Waals surface area contributed by atoms with Crippen LogP contribution < -0.4 is 0 Å². The van der Waals surface area contributed by atoms with E-state index >= 15 is 0 Å². The molecule has 7 heteroatoms. The Hall–Kier alpha value is -3.27. The lowest BCUT2D eigenvalue weighted by Gasteiger charge is -2.09. The molecule has 25 heavy (non-hydrogen) atoms. The molecule has 1 saturated carbocycles. The molecule has 0 radical (unpaired) electrons. The molecule has 2 heterocycles. The minimum Gasteiger partial charge on any atom is -0.306 e. The van der Waals surface area contributed by atoms with Gasteiger partial charge < -0.3 is 4.57 Å². The smallest absolute Gasteiger partial charge is 0.216 e. The first-order valence-corrected chi connectivity index (χ1v) is 7.90. The van der Waals surface area contributed by atoms with Crippen molar-refractivity contribution in [2.75, 3.05) is 0 Å². The van der Waals surface area contributed by atoms with Crippen molar-refractivity contribution in [3.63, 3.8) is 0 Å². The third kappa shape index (κ3) is 2.04. The van der Waals surface area contributed by atoms with Gasteiger partial charge in [-0.15, -0.1) is 0 Å². The van der Waals surface area contributed by atoms with Crippen molar-refractivity contribution in [1.29, 1.82) is 5.26 Å². The summed E-state index contributed by atoms with van der Waals surface area (Å²) in [6, 6.07) is 9.86. The summed E-state index contributed by atoms with van der Waals surface area (Å²) in [7, 11) is 0. The lowest BCUT2D eigenvalue weighted by atomic mass is 10.2. The van der Waals surface area contributed by atoms with E-state index in [1.807, 2.05) is 4.57 Å². The summed E-state index contributed by atoms with van der Waals surface area (Å²) < 4.78 is 31.1. The summed E-state index contributed by atoms with van der Waals surface area (Å²) in [5.41, 5.74) is 2.98. The first-order chi connectivity index (χ1) is 12.2. The molecule has 0 unspecified atom stereocenters. The van der Waals surface area contributed by atoms with Gasteiger partial charge in [0.2, 0.25) is 5.95 Å². The van der Waals surface area contributed by atoms with Gasteiger partial charge in [0.05, 0.1) is 33.7 Å². The van der Waals surface area contributed by atoms with Gasteiger partial charge in [-0.2, -0.15) is 5.26 Å². The highest BCUT2D eigenvalue weighted by Gasteiger charge is 2.30. The summed E-state index contributed by atoms with van der Waals surface area (Å²) in [5.74, 6) is -1.21. The Labute approximate surface area is 140 Å². The van der Waals surface area contributed by atoms with E-state index in [-0.39, 0.29) is 6.04 Å². The Morgan fingerprint density at radius 3 is 2.60 bits per heavy atom. The van der Waals surface area contributed by atoms with Crippen LogP contribution in [0.4, 0.5) is 8.78 Å². The molecule has 2 aromatic heterocycles. The van der Waals surface area contributed by atoms with Crippen molar-refractivity contribution in [2.45, 2.75) is 18.9 Å². The number of imidazole rings is 2. The molecular formula is C18H11F2N5. The first-order valence-electron chi connectivity index (χ1n) is 7.90. The van der Waals surface area contributed by atoms with Crippen molar-refractivity contribution in [3.05, 3.63) is 53.9 Å². The van der Waals surface area contributed by atoms with Crippen LogP contribution in [0.2, 0.25) is 0 Å². The summed E-state index contributed by atoms with van der Waals surface area (Å²) >= 11 is 0. The molecule has 122 valence electrons. The molecule has 1 fully saturated rings. The Morgan fingerprint density at radius 2 is 1.84 bits per heavy atom. The second-order valence-corrected chi connectivity index (χ2v) is 6.20. The molecule has 1 aliphatic carbocycles. The number of halogens is 2. The zero-order valence-electron chi connectivity index (χ0n) is 12.9. The maximum atomic E-state index is 13.7. The van der Waals surface area contributed by atoms with Gasteiger partial charge in [-0.25, -0.2) is 18.7 Å². The van der Waals surface area contributed by atoms with Crippen LogP contribution in [-0.4, -0.2) is 19.1 Å². The van der Waals surface area contributed by atoms with E-state index in [0.29, 0.717) is 28.1 Å². The molecule has 2 aromatic carbocycles. The van der Waals surface area contributed by atoms with Crippen LogP contribution in [0.1, 0.15) is 24.4 Å². The van der Waals surface area contributed by atoms with Gasteiger partial charge >= 0.3 is 0 Å². The normalized spacial score (nSPS) is 14.3. The highest BCUT2D eigenvalue weighted by atomic mass is 19.2. The van der Waals surface area contributed by atoms with E-state index in [2.05, 4.69) is 16.0 Å². The van der Waals surface area contributed by atoms with E-state index in [1.54, 1.807) is 29.1 Å². The number of hydrogen-bond donors (Lipinski definition) is 0. The Balaban J connectivity index is 1.81. The fourth-order valence-electron chi connectivity index (χ4n) is 3.18. The molecule has 0 saturated heterocycles. The van der Waals surface area contributed by atoms with Gasteiger partial charge in [-0.05, 0) is 31.0 Å². The number of hydrogen-bond acceptors (Lipinski definition) is 3. The molecule has 0 bridgehead atoms. The number of nitriles is 1. The van der Waals surface area contributed by atoms with Crippen LogP contribution in [0.25, 0.3) is 28.0 Å². The molecule has 4 aromatic rings. The second-order valence-electron chi connectivity index (χ2n) is 6.20. The van der Waals surface area contributed by atoms with Gasteiger partial charge in [-0.1, -0.05) is 0 Å². The molecule has 5 rings (SSSR count). The number of fused-ring (bicyclic) bond motifs is 2. The van der Waals surface area contributed by atoms with Crippen LogP contribution in [0.15, 0.2) is 36.7 Å². The zero-order valence-corrected chi connectivity index (χ0v) is 12.9. The van der Waals surface area contributed by atoms with Crippen molar-refractivity contribution in [2.24, 2.45) is 0 Å². The summed E-state index contributed by atoms with van der Waals surface area (Å²) in [4.78, 5) is 8.87. The summed E-state index contributed by atoms with van der Waals surface area (Å²) in [6.45, 7) is 0. The Bertz CT molecular complexity index is 1190. The number of benzene rings is 2. The van der Waals surface area contributed by atoms with Gasteiger partial charge in [0.15, 0.2) is 11.6 Å². The average Bonchev–Trinajstić information content (AvgIpc) is 3.26. The maximum Gasteiger partial charge on any atom is 0.216 e. The molecule has 0 aliphatic heterocycles. The van der Waals surface area contributed by atoms with E-state index in [1.165, 1.54) is 6.07 Å². The monoisotopic (exact) mass is 335 g/mol. The Kier molecular flexibility index (Phi) is 2.74. The summed E-state index contributed by atoms with van der Waals surface area (Å²) in [6.07, 6.45) is 3.57. The lowest BCUT2D eigenvalue weighted by Crippen LogP contribution is -2.04. The van der Waals surface area contributed by atoms with Gasteiger partial charge in [-0.3, -0.25) is 4.57 Å². The fraction of sp³-hybridized carbons (Fsp3) is 0.167. The van der Waals surface area contributed by atoms with Crippen LogP contribution in [0.3, 0.4) is 0 Å². The van der Waals surface area contributed by atoms with Crippen LogP contribution >= 0.6 is 0 Å². The third-order valence-electron chi connectivity index (χ3n) is 4.52. The summed E-state index contributed by atoms with van der Waals surface area (Å²) in [5, 5.41) is 9.02. The highest BCUT2D eigenvalue weighted by molar-refractivity contribution is 5.81. The van der Waals surface area contributed by atoms with E-state index in [9.17, 15) is 8.78 Å². The molecular weight excluding hydrogens is 324 g/mol. The SMILES string of the molecule is N#Cc1ccc2c(c1)ncn2-c1nc2cc(F)c(F)cc2n1C1CC1. The second kappa shape index (κ2) is 4.86. The third-order valence-corrected chi connectivity index (χ3v) is 4.52. The molecule has 0 amide bonds. The topological polar surface area (TPSA) is 59.4 Å². The van der Waals surface area contributed by atoms with E-state index in [0.717, 1.165) is 24.4 Å². The van der Waals surface area contributed by atoms with Gasteiger partial charge in [0, 0.05) is 18.2 Å². The molecule has 0 atom stereocenters. The van der Waals surface area contributed by atoms with E-state index in [4.69, 9.17) is 5.26 Å². The van der Waals surface area contributed by atoms with Crippen molar-refractivity contribution < 1.29 is 8.78 Å². The predicted octanol–water partition coefficient (Wildman–Crippen LogP) is 3.86. The Morgan fingerprint density at radius 1 is 1.04 bits per heavy atom. The molecule has 5 nitrogen and oxygen atoms in total. The predicted molar refractivity (Wildman–Crippen MR) is 87.3 cm³/mol. The maximum absolute atomic E-state index is 13.7. The average molecular weight is 335 g/mol. The fourth-order valence-corrected chi connectivity index (χ4v) is 3.18. The quantitative estimate of drug-likeness (QED) is 0.559. The minimum atomic E-state index is -0.909. The van der Waals surface area contributed by atoms with E-state index < -0.39 is 11.6 Å². The molecule has 0 N–H and O–H groups in total. The first kappa shape index (κ1) is 14.1. The zero-order chi connectivity index (χ0) is 17.1. The number of nitrogens with zero attached hydrogens (tertiary/aromatic N) is 5. The van der Waals surface area contributed by atoms with Crippen LogP contribution in [0, 0.1) is 23.0 Å². The number of rotatable bonds is 2. The highest BCUT2D eigenvalue weighted by Crippen LogP contribution is 2.40. The van der Waals surface area contributed by atoms with Gasteiger partial charge in [0.25, 0.3) is 0 Å². The van der Waals surface area contributed by atoms with Crippen LogP contribution in [-0.2, 0) is 0 Å². The number of aromatic nitrogens is 4. The van der Waals surface area contributed by atoms with Crippen LogP contribution in [0.5, 0.6) is 0 Å². The largest absolute Gasteiger partial charge is 0.306 e. The lowest BCUT2D eigenvalue weighted by molar-refractivity contribution is 0.510. The van der Waals surface area contributed by atoms with Crippen molar-refractivity contribution >= 4 is 22.1 Å². The minimum absolute atomic E-state index is 0.223. The van der Waals surface area contributed by atoms with Crippen molar-refractivity contribution in [1.82, 2.24) is 19.1 Å². The standard InChI is InChI=1S/C18H11F2N5/c19-12-6-15-17(7-13(12)20)25(11-2-3-11)18(23-15)24-9-22-14-5-10(8-21)1-4-16(14)24/h1,4-7,9,11H,2-3H2. The van der Waals surface area contributed by atoms with Gasteiger partial charge in [0.1, 0.15) is 6.33 Å².